The zero-order valence-electron chi connectivity index (χ0n) is 13.8. The van der Waals surface area contributed by atoms with E-state index < -0.39 is 0 Å². The SMILES string of the molecule is CCN(CCCN(C)C)CCOc1ccc(CCN)cc1. The highest BCUT2D eigenvalue weighted by atomic mass is 16.5. The van der Waals surface area contributed by atoms with Gasteiger partial charge in [0.1, 0.15) is 12.4 Å². The summed E-state index contributed by atoms with van der Waals surface area (Å²) in [5.74, 6) is 0.945. The van der Waals surface area contributed by atoms with E-state index in [1.807, 2.05) is 12.1 Å². The Balaban J connectivity index is 2.23. The molecule has 0 amide bonds. The maximum atomic E-state index is 5.82. The number of likely N-dealkylation sites (N-methyl/N-ethyl adjacent to an activating group) is 1. The molecule has 2 N–H and O–H groups in total. The van der Waals surface area contributed by atoms with Crippen LogP contribution >= 0.6 is 0 Å². The van der Waals surface area contributed by atoms with E-state index in [1.54, 1.807) is 0 Å². The largest absolute Gasteiger partial charge is 0.492 e. The first-order valence-electron chi connectivity index (χ1n) is 7.94. The van der Waals surface area contributed by atoms with Gasteiger partial charge in [-0.25, -0.2) is 0 Å². The first kappa shape index (κ1) is 18.0. The predicted octanol–water partition coefficient (Wildman–Crippen LogP) is 1.84. The molecule has 120 valence electrons. The minimum atomic E-state index is 0.693. The van der Waals surface area contributed by atoms with Crippen LogP contribution in [-0.2, 0) is 6.42 Å². The summed E-state index contributed by atoms with van der Waals surface area (Å²) in [6.45, 7) is 7.97. The highest BCUT2D eigenvalue weighted by Gasteiger charge is 2.03. The summed E-state index contributed by atoms with van der Waals surface area (Å²) in [5.41, 5.74) is 6.81. The van der Waals surface area contributed by atoms with E-state index in [0.29, 0.717) is 6.54 Å². The molecule has 0 saturated heterocycles. The maximum Gasteiger partial charge on any atom is 0.119 e. The fourth-order valence-corrected chi connectivity index (χ4v) is 2.25. The smallest absolute Gasteiger partial charge is 0.119 e. The third-order valence-corrected chi connectivity index (χ3v) is 3.56. The van der Waals surface area contributed by atoms with Gasteiger partial charge in [-0.15, -0.1) is 0 Å². The lowest BCUT2D eigenvalue weighted by Gasteiger charge is -2.21. The van der Waals surface area contributed by atoms with Crippen molar-refractivity contribution >= 4 is 0 Å². The van der Waals surface area contributed by atoms with E-state index in [1.165, 1.54) is 12.0 Å². The van der Waals surface area contributed by atoms with Gasteiger partial charge in [-0.1, -0.05) is 19.1 Å². The van der Waals surface area contributed by atoms with Crippen LogP contribution < -0.4 is 10.5 Å². The Kier molecular flexibility index (Phi) is 9.06. The molecule has 4 heteroatoms. The molecule has 0 aliphatic heterocycles. The minimum Gasteiger partial charge on any atom is -0.492 e. The normalized spacial score (nSPS) is 11.3. The fourth-order valence-electron chi connectivity index (χ4n) is 2.25. The number of nitrogens with zero attached hydrogens (tertiary/aromatic N) is 2. The number of benzene rings is 1. The molecule has 0 aliphatic carbocycles. The minimum absolute atomic E-state index is 0.693. The summed E-state index contributed by atoms with van der Waals surface area (Å²) >= 11 is 0. The van der Waals surface area contributed by atoms with Crippen molar-refractivity contribution in [2.24, 2.45) is 5.73 Å². The van der Waals surface area contributed by atoms with Crippen LogP contribution in [0.4, 0.5) is 0 Å². The molecule has 0 bridgehead atoms. The average Bonchev–Trinajstić information content (AvgIpc) is 2.47. The summed E-state index contributed by atoms with van der Waals surface area (Å²) in [5, 5.41) is 0. The second kappa shape index (κ2) is 10.6. The molecule has 1 rings (SSSR count). The molecule has 21 heavy (non-hydrogen) atoms. The number of ether oxygens (including phenoxy) is 1. The Labute approximate surface area is 129 Å². The average molecular weight is 293 g/mol. The Morgan fingerprint density at radius 3 is 2.33 bits per heavy atom. The van der Waals surface area contributed by atoms with Crippen molar-refractivity contribution in [3.63, 3.8) is 0 Å². The van der Waals surface area contributed by atoms with Crippen LogP contribution in [0.15, 0.2) is 24.3 Å². The van der Waals surface area contributed by atoms with Crippen molar-refractivity contribution in [2.45, 2.75) is 19.8 Å². The molecule has 0 aliphatic rings. The number of rotatable bonds is 11. The third kappa shape index (κ3) is 8.05. The molecule has 0 aromatic heterocycles. The van der Waals surface area contributed by atoms with Crippen molar-refractivity contribution in [1.82, 2.24) is 9.80 Å². The van der Waals surface area contributed by atoms with E-state index in [2.05, 4.69) is 43.0 Å². The van der Waals surface area contributed by atoms with E-state index in [4.69, 9.17) is 10.5 Å². The Morgan fingerprint density at radius 1 is 1.05 bits per heavy atom. The summed E-state index contributed by atoms with van der Waals surface area (Å²) in [7, 11) is 4.24. The lowest BCUT2D eigenvalue weighted by molar-refractivity contribution is 0.208. The molecule has 1 aromatic rings. The van der Waals surface area contributed by atoms with Crippen LogP contribution in [0.1, 0.15) is 18.9 Å². The topological polar surface area (TPSA) is 41.7 Å². The van der Waals surface area contributed by atoms with Crippen LogP contribution in [0.25, 0.3) is 0 Å². The molecule has 0 saturated carbocycles. The van der Waals surface area contributed by atoms with Gasteiger partial charge in [0.2, 0.25) is 0 Å². The molecular formula is C17H31N3O. The first-order valence-corrected chi connectivity index (χ1v) is 7.94. The standard InChI is InChI=1S/C17H31N3O/c1-4-20(13-5-12-19(2)3)14-15-21-17-8-6-16(7-9-17)10-11-18/h6-9H,4-5,10-15,18H2,1-3H3. The van der Waals surface area contributed by atoms with Gasteiger partial charge >= 0.3 is 0 Å². The van der Waals surface area contributed by atoms with Gasteiger partial charge in [0.05, 0.1) is 0 Å². The maximum absolute atomic E-state index is 5.82. The van der Waals surface area contributed by atoms with E-state index in [9.17, 15) is 0 Å². The van der Waals surface area contributed by atoms with Crippen molar-refractivity contribution in [2.75, 3.05) is 53.4 Å². The van der Waals surface area contributed by atoms with E-state index >= 15 is 0 Å². The van der Waals surface area contributed by atoms with Gasteiger partial charge in [0, 0.05) is 6.54 Å². The molecule has 0 spiro atoms. The van der Waals surface area contributed by atoms with Gasteiger partial charge in [0.25, 0.3) is 0 Å². The summed E-state index contributed by atoms with van der Waals surface area (Å²) in [6, 6.07) is 8.26. The fraction of sp³-hybridized carbons (Fsp3) is 0.647. The molecule has 0 heterocycles. The van der Waals surface area contributed by atoms with Crippen molar-refractivity contribution in [3.05, 3.63) is 29.8 Å². The van der Waals surface area contributed by atoms with Crippen molar-refractivity contribution < 1.29 is 4.74 Å². The third-order valence-electron chi connectivity index (χ3n) is 3.56. The Hall–Kier alpha value is -1.10. The zero-order chi connectivity index (χ0) is 15.5. The number of nitrogens with two attached hydrogens (primary N) is 1. The first-order chi connectivity index (χ1) is 10.2. The highest BCUT2D eigenvalue weighted by molar-refractivity contribution is 5.27. The summed E-state index contributed by atoms with van der Waals surface area (Å²) in [4.78, 5) is 4.67. The van der Waals surface area contributed by atoms with Gasteiger partial charge in [0.15, 0.2) is 0 Å². The van der Waals surface area contributed by atoms with Crippen molar-refractivity contribution in [3.8, 4) is 5.75 Å². The van der Waals surface area contributed by atoms with E-state index in [0.717, 1.165) is 45.0 Å². The quantitative estimate of drug-likeness (QED) is 0.676. The molecule has 0 atom stereocenters. The Bertz CT molecular complexity index is 365. The van der Waals surface area contributed by atoms with Gasteiger partial charge in [-0.3, -0.25) is 0 Å². The molecule has 4 nitrogen and oxygen atoms in total. The second-order valence-electron chi connectivity index (χ2n) is 5.62. The van der Waals surface area contributed by atoms with Crippen LogP contribution in [-0.4, -0.2) is 63.2 Å². The summed E-state index contributed by atoms with van der Waals surface area (Å²) in [6.07, 6.45) is 2.13. The lowest BCUT2D eigenvalue weighted by atomic mass is 10.1. The molecule has 0 fully saturated rings. The van der Waals surface area contributed by atoms with Crippen molar-refractivity contribution in [1.29, 1.82) is 0 Å². The second-order valence-corrected chi connectivity index (χ2v) is 5.62. The van der Waals surface area contributed by atoms with Gasteiger partial charge in [-0.2, -0.15) is 0 Å². The van der Waals surface area contributed by atoms with Crippen LogP contribution in [0.5, 0.6) is 5.75 Å². The predicted molar refractivity (Wildman–Crippen MR) is 90.0 cm³/mol. The highest BCUT2D eigenvalue weighted by Crippen LogP contribution is 2.12. The lowest BCUT2D eigenvalue weighted by Crippen LogP contribution is -2.31. The van der Waals surface area contributed by atoms with E-state index in [-0.39, 0.29) is 0 Å². The summed E-state index contributed by atoms with van der Waals surface area (Å²) < 4.78 is 5.82. The molecule has 0 radical (unpaired) electrons. The van der Waals surface area contributed by atoms with Crippen LogP contribution in [0.2, 0.25) is 0 Å². The van der Waals surface area contributed by atoms with Crippen LogP contribution in [0.3, 0.4) is 0 Å². The monoisotopic (exact) mass is 293 g/mol. The van der Waals surface area contributed by atoms with Gasteiger partial charge < -0.3 is 20.3 Å². The number of hydrogen-bond acceptors (Lipinski definition) is 4. The molecule has 1 aromatic carbocycles. The van der Waals surface area contributed by atoms with Crippen LogP contribution in [0, 0.1) is 0 Å². The Morgan fingerprint density at radius 2 is 1.76 bits per heavy atom. The molecular weight excluding hydrogens is 262 g/mol. The zero-order valence-corrected chi connectivity index (χ0v) is 13.8. The molecule has 0 unspecified atom stereocenters. The number of hydrogen-bond donors (Lipinski definition) is 1. The van der Waals surface area contributed by atoms with Gasteiger partial charge in [-0.05, 0) is 70.8 Å².